The van der Waals surface area contributed by atoms with E-state index >= 15 is 0 Å². The summed E-state index contributed by atoms with van der Waals surface area (Å²) in [6, 6.07) is 1.69. The van der Waals surface area contributed by atoms with E-state index in [4.69, 9.17) is 0 Å². The standard InChI is InChI=1S/C13H27N3/c1-3-15(4-2)13-7-10-16(11-13)12-5-8-14-9-6-12/h12-14H,3-11H2,1-2H3. The van der Waals surface area contributed by atoms with Crippen LogP contribution in [0.2, 0.25) is 0 Å². The molecule has 1 N–H and O–H groups in total. The first kappa shape index (κ1) is 12.3. The maximum Gasteiger partial charge on any atom is 0.0235 e. The van der Waals surface area contributed by atoms with Crippen molar-refractivity contribution in [1.29, 1.82) is 0 Å². The van der Waals surface area contributed by atoms with Gasteiger partial charge in [-0.1, -0.05) is 13.8 Å². The molecule has 2 aliphatic heterocycles. The highest BCUT2D eigenvalue weighted by atomic mass is 15.3. The van der Waals surface area contributed by atoms with Gasteiger partial charge in [-0.2, -0.15) is 0 Å². The van der Waals surface area contributed by atoms with E-state index in [0.29, 0.717) is 0 Å². The zero-order chi connectivity index (χ0) is 11.4. The molecule has 2 aliphatic rings. The summed E-state index contributed by atoms with van der Waals surface area (Å²) in [5, 5.41) is 3.46. The Kier molecular flexibility index (Phi) is 4.62. The topological polar surface area (TPSA) is 18.5 Å². The Morgan fingerprint density at radius 1 is 1.12 bits per heavy atom. The molecule has 0 spiro atoms. The second kappa shape index (κ2) is 5.99. The maximum atomic E-state index is 3.46. The Hall–Kier alpha value is -0.120. The molecule has 0 aliphatic carbocycles. The van der Waals surface area contributed by atoms with Crippen LogP contribution in [0, 0.1) is 0 Å². The lowest BCUT2D eigenvalue weighted by atomic mass is 10.1. The highest BCUT2D eigenvalue weighted by Crippen LogP contribution is 2.21. The third kappa shape index (κ3) is 2.76. The molecule has 0 bridgehead atoms. The highest BCUT2D eigenvalue weighted by molar-refractivity contribution is 4.88. The normalized spacial score (nSPS) is 29.1. The molecule has 94 valence electrons. The van der Waals surface area contributed by atoms with Gasteiger partial charge in [-0.25, -0.2) is 0 Å². The quantitative estimate of drug-likeness (QED) is 0.774. The molecule has 1 atom stereocenters. The third-order valence-corrected chi connectivity index (χ3v) is 4.35. The fourth-order valence-electron chi connectivity index (χ4n) is 3.31. The second-order valence-corrected chi connectivity index (χ2v) is 5.14. The molecule has 0 aromatic rings. The number of hydrogen-bond acceptors (Lipinski definition) is 3. The minimum atomic E-state index is 0.824. The fourth-order valence-corrected chi connectivity index (χ4v) is 3.31. The summed E-state index contributed by atoms with van der Waals surface area (Å²) < 4.78 is 0. The Bertz CT molecular complexity index is 197. The first-order valence-corrected chi connectivity index (χ1v) is 7.04. The Labute approximate surface area is 100 Å². The smallest absolute Gasteiger partial charge is 0.0235 e. The van der Waals surface area contributed by atoms with Crippen molar-refractivity contribution in [2.45, 2.75) is 45.2 Å². The van der Waals surface area contributed by atoms with Crippen LogP contribution in [0.1, 0.15) is 33.1 Å². The molecule has 2 saturated heterocycles. The Morgan fingerprint density at radius 2 is 1.81 bits per heavy atom. The lowest BCUT2D eigenvalue weighted by Crippen LogP contribution is -2.44. The molecule has 2 heterocycles. The van der Waals surface area contributed by atoms with Crippen molar-refractivity contribution >= 4 is 0 Å². The SMILES string of the molecule is CCN(CC)C1CCN(C2CCNCC2)C1. The van der Waals surface area contributed by atoms with E-state index < -0.39 is 0 Å². The van der Waals surface area contributed by atoms with Crippen molar-refractivity contribution in [3.63, 3.8) is 0 Å². The number of nitrogens with one attached hydrogen (secondary N) is 1. The molecular weight excluding hydrogens is 198 g/mol. The van der Waals surface area contributed by atoms with Gasteiger partial charge in [-0.15, -0.1) is 0 Å². The van der Waals surface area contributed by atoms with E-state index in [1.54, 1.807) is 0 Å². The first-order chi connectivity index (χ1) is 7.85. The molecule has 0 amide bonds. The van der Waals surface area contributed by atoms with Crippen LogP contribution in [-0.2, 0) is 0 Å². The van der Waals surface area contributed by atoms with Crippen molar-refractivity contribution in [3.8, 4) is 0 Å². The largest absolute Gasteiger partial charge is 0.317 e. The van der Waals surface area contributed by atoms with Crippen LogP contribution < -0.4 is 5.32 Å². The summed E-state index contributed by atoms with van der Waals surface area (Å²) >= 11 is 0. The number of nitrogens with zero attached hydrogens (tertiary/aromatic N) is 2. The Balaban J connectivity index is 1.82. The molecular formula is C13H27N3. The first-order valence-electron chi connectivity index (χ1n) is 7.04. The van der Waals surface area contributed by atoms with E-state index in [0.717, 1.165) is 12.1 Å². The molecule has 0 aromatic carbocycles. The van der Waals surface area contributed by atoms with Gasteiger partial charge in [0.2, 0.25) is 0 Å². The summed E-state index contributed by atoms with van der Waals surface area (Å²) in [6.45, 7) is 12.1. The monoisotopic (exact) mass is 225 g/mol. The minimum absolute atomic E-state index is 0.824. The van der Waals surface area contributed by atoms with Gasteiger partial charge in [-0.3, -0.25) is 9.80 Å². The van der Waals surface area contributed by atoms with Gasteiger partial charge < -0.3 is 5.32 Å². The number of rotatable bonds is 4. The number of likely N-dealkylation sites (N-methyl/N-ethyl adjacent to an activating group) is 1. The predicted octanol–water partition coefficient (Wildman–Crippen LogP) is 1.15. The molecule has 0 saturated carbocycles. The molecule has 2 fully saturated rings. The lowest BCUT2D eigenvalue weighted by Gasteiger charge is -2.32. The average Bonchev–Trinajstić information content (AvgIpc) is 2.81. The minimum Gasteiger partial charge on any atom is -0.317 e. The number of likely N-dealkylation sites (tertiary alicyclic amines) is 1. The van der Waals surface area contributed by atoms with E-state index in [1.807, 2.05) is 0 Å². The number of hydrogen-bond donors (Lipinski definition) is 1. The molecule has 0 radical (unpaired) electrons. The highest BCUT2D eigenvalue weighted by Gasteiger charge is 2.30. The van der Waals surface area contributed by atoms with Gasteiger partial charge in [0.1, 0.15) is 0 Å². The number of piperidine rings is 1. The zero-order valence-corrected chi connectivity index (χ0v) is 10.9. The fraction of sp³-hybridized carbons (Fsp3) is 1.00. The van der Waals surface area contributed by atoms with E-state index in [1.165, 1.54) is 58.5 Å². The van der Waals surface area contributed by atoms with E-state index in [-0.39, 0.29) is 0 Å². The van der Waals surface area contributed by atoms with Gasteiger partial charge in [0.25, 0.3) is 0 Å². The summed E-state index contributed by atoms with van der Waals surface area (Å²) in [4.78, 5) is 5.37. The van der Waals surface area contributed by atoms with Crippen molar-refractivity contribution < 1.29 is 0 Å². The van der Waals surface area contributed by atoms with Crippen LogP contribution >= 0.6 is 0 Å². The summed E-state index contributed by atoms with van der Waals surface area (Å²) in [5.74, 6) is 0. The lowest BCUT2D eigenvalue weighted by molar-refractivity contribution is 0.166. The van der Waals surface area contributed by atoms with Crippen molar-refractivity contribution in [3.05, 3.63) is 0 Å². The maximum absolute atomic E-state index is 3.46. The van der Waals surface area contributed by atoms with Crippen molar-refractivity contribution in [1.82, 2.24) is 15.1 Å². The zero-order valence-electron chi connectivity index (χ0n) is 10.9. The summed E-state index contributed by atoms with van der Waals surface area (Å²) in [7, 11) is 0. The summed E-state index contributed by atoms with van der Waals surface area (Å²) in [5.41, 5.74) is 0. The average molecular weight is 225 g/mol. The van der Waals surface area contributed by atoms with E-state index in [2.05, 4.69) is 29.0 Å². The predicted molar refractivity (Wildman–Crippen MR) is 68.8 cm³/mol. The molecule has 16 heavy (non-hydrogen) atoms. The van der Waals surface area contributed by atoms with E-state index in [9.17, 15) is 0 Å². The van der Waals surface area contributed by atoms with Crippen LogP contribution in [0.3, 0.4) is 0 Å². The molecule has 3 nitrogen and oxygen atoms in total. The van der Waals surface area contributed by atoms with Gasteiger partial charge >= 0.3 is 0 Å². The Morgan fingerprint density at radius 3 is 2.44 bits per heavy atom. The molecule has 0 aromatic heterocycles. The molecule has 3 heteroatoms. The van der Waals surface area contributed by atoms with Crippen molar-refractivity contribution in [2.75, 3.05) is 39.3 Å². The van der Waals surface area contributed by atoms with Gasteiger partial charge in [0.05, 0.1) is 0 Å². The van der Waals surface area contributed by atoms with Crippen LogP contribution in [0.5, 0.6) is 0 Å². The molecule has 2 rings (SSSR count). The summed E-state index contributed by atoms with van der Waals surface area (Å²) in [6.07, 6.45) is 4.08. The van der Waals surface area contributed by atoms with Gasteiger partial charge in [0.15, 0.2) is 0 Å². The molecule has 1 unspecified atom stereocenters. The third-order valence-electron chi connectivity index (χ3n) is 4.35. The van der Waals surface area contributed by atoms with Crippen molar-refractivity contribution in [2.24, 2.45) is 0 Å². The van der Waals surface area contributed by atoms with Crippen LogP contribution in [0.15, 0.2) is 0 Å². The van der Waals surface area contributed by atoms with Crippen LogP contribution in [0.25, 0.3) is 0 Å². The second-order valence-electron chi connectivity index (χ2n) is 5.14. The van der Waals surface area contributed by atoms with Crippen LogP contribution in [0.4, 0.5) is 0 Å². The van der Waals surface area contributed by atoms with Crippen LogP contribution in [-0.4, -0.2) is 61.2 Å². The van der Waals surface area contributed by atoms with Gasteiger partial charge in [0, 0.05) is 25.2 Å². The van der Waals surface area contributed by atoms with Gasteiger partial charge in [-0.05, 0) is 45.4 Å².